The maximum absolute atomic E-state index is 10.7. The van der Waals surface area contributed by atoms with E-state index >= 15 is 0 Å². The molecule has 0 saturated heterocycles. The average molecular weight is 436 g/mol. The van der Waals surface area contributed by atoms with E-state index in [1.807, 2.05) is 36.4 Å². The summed E-state index contributed by atoms with van der Waals surface area (Å²) in [7, 11) is -6.09. The topological polar surface area (TPSA) is 57.2 Å². The largest absolute Gasteiger partial charge is 1.00 e. The zero-order valence-electron chi connectivity index (χ0n) is 12.2. The van der Waals surface area contributed by atoms with Crippen molar-refractivity contribution in [3.05, 3.63) is 60.7 Å². The van der Waals surface area contributed by atoms with Crippen LogP contribution in [0.4, 0.5) is 13.2 Å². The molecule has 0 amide bonds. The Labute approximate surface area is 147 Å². The SMILES string of the molecule is C1=CCCCCC=C1.O=S(=O)([O-])C(F)(F)F.[Ru+].c1ccccc1. The van der Waals surface area contributed by atoms with E-state index in [4.69, 9.17) is 13.0 Å². The average Bonchev–Trinajstić information content (AvgIpc) is 2.39. The van der Waals surface area contributed by atoms with Gasteiger partial charge in [0, 0.05) is 0 Å². The van der Waals surface area contributed by atoms with E-state index < -0.39 is 15.6 Å². The molecular weight excluding hydrogens is 418 g/mol. The number of hydrogen-bond acceptors (Lipinski definition) is 3. The van der Waals surface area contributed by atoms with Gasteiger partial charge in [0.05, 0.1) is 0 Å². The zero-order chi connectivity index (χ0) is 16.9. The van der Waals surface area contributed by atoms with Crippen molar-refractivity contribution in [2.75, 3.05) is 0 Å². The van der Waals surface area contributed by atoms with Gasteiger partial charge in [0.25, 0.3) is 0 Å². The zero-order valence-corrected chi connectivity index (χ0v) is 14.8. The molecule has 0 N–H and O–H groups in total. The maximum Gasteiger partial charge on any atom is 1.00 e. The number of rotatable bonds is 0. The third-order valence-electron chi connectivity index (χ3n) is 2.32. The molecule has 1 aliphatic carbocycles. The van der Waals surface area contributed by atoms with Crippen molar-refractivity contribution >= 4 is 10.1 Å². The first-order valence-electron chi connectivity index (χ1n) is 6.59. The predicted molar refractivity (Wildman–Crippen MR) is 78.9 cm³/mol. The van der Waals surface area contributed by atoms with Gasteiger partial charge in [0.15, 0.2) is 10.1 Å². The van der Waals surface area contributed by atoms with Gasteiger partial charge in [-0.1, -0.05) is 60.7 Å². The van der Waals surface area contributed by atoms with Crippen LogP contribution in [-0.2, 0) is 29.6 Å². The normalized spacial score (nSPS) is 13.9. The second-order valence-corrected chi connectivity index (χ2v) is 5.57. The molecule has 0 unspecified atom stereocenters. The van der Waals surface area contributed by atoms with Crippen molar-refractivity contribution in [3.63, 3.8) is 0 Å². The Bertz CT molecular complexity index is 500. The number of hydrogen-bond donors (Lipinski definition) is 0. The van der Waals surface area contributed by atoms with Gasteiger partial charge in [0.1, 0.15) is 0 Å². The van der Waals surface area contributed by atoms with Crippen molar-refractivity contribution in [2.45, 2.75) is 31.2 Å². The van der Waals surface area contributed by atoms with Crippen molar-refractivity contribution in [2.24, 2.45) is 0 Å². The van der Waals surface area contributed by atoms with Crippen LogP contribution in [0.1, 0.15) is 25.7 Å². The van der Waals surface area contributed by atoms with Gasteiger partial charge in [-0.2, -0.15) is 13.2 Å². The van der Waals surface area contributed by atoms with Crippen LogP contribution >= 0.6 is 0 Å². The summed E-state index contributed by atoms with van der Waals surface area (Å²) in [6.07, 6.45) is 14.0. The summed E-state index contributed by atoms with van der Waals surface area (Å²) in [6, 6.07) is 12.0. The molecule has 1 radical (unpaired) electrons. The van der Waals surface area contributed by atoms with Gasteiger partial charge in [-0.05, 0) is 25.7 Å². The van der Waals surface area contributed by atoms with Gasteiger partial charge in [-0.15, -0.1) is 0 Å². The molecule has 1 aromatic carbocycles. The molecule has 0 aromatic heterocycles. The summed E-state index contributed by atoms with van der Waals surface area (Å²) < 4.78 is 58.9. The van der Waals surface area contributed by atoms with Gasteiger partial charge >= 0.3 is 25.0 Å². The molecule has 0 atom stereocenters. The third-order valence-corrected chi connectivity index (χ3v) is 2.89. The summed E-state index contributed by atoms with van der Waals surface area (Å²) >= 11 is 0. The quantitative estimate of drug-likeness (QED) is 0.344. The van der Waals surface area contributed by atoms with Crippen LogP contribution in [0, 0.1) is 0 Å². The first-order chi connectivity index (χ1) is 10.2. The minimum atomic E-state index is -6.09. The Morgan fingerprint density at radius 2 is 1.04 bits per heavy atom. The van der Waals surface area contributed by atoms with Crippen LogP contribution in [0.5, 0.6) is 0 Å². The fourth-order valence-corrected chi connectivity index (χ4v) is 1.26. The van der Waals surface area contributed by atoms with Gasteiger partial charge in [-0.3, -0.25) is 0 Å². The minimum absolute atomic E-state index is 0. The maximum atomic E-state index is 10.7. The van der Waals surface area contributed by atoms with Crippen molar-refractivity contribution in [1.29, 1.82) is 0 Å². The second-order valence-electron chi connectivity index (χ2n) is 4.20. The van der Waals surface area contributed by atoms with E-state index in [0.717, 1.165) is 0 Å². The molecular formula is C15H18F3O3RuS. The number of alkyl halides is 3. The van der Waals surface area contributed by atoms with E-state index in [0.29, 0.717) is 0 Å². The summed E-state index contributed by atoms with van der Waals surface area (Å²) in [5.74, 6) is 0. The Hall–Kier alpha value is -0.977. The van der Waals surface area contributed by atoms with Crippen molar-refractivity contribution < 1.29 is 45.6 Å². The molecule has 131 valence electrons. The summed E-state index contributed by atoms with van der Waals surface area (Å²) in [5, 5.41) is 0. The van der Waals surface area contributed by atoms with Crippen LogP contribution in [0.2, 0.25) is 0 Å². The molecule has 0 heterocycles. The molecule has 0 bridgehead atoms. The van der Waals surface area contributed by atoms with Crippen molar-refractivity contribution in [3.8, 4) is 0 Å². The molecule has 0 saturated carbocycles. The Morgan fingerprint density at radius 3 is 1.26 bits per heavy atom. The Balaban J connectivity index is 0. The van der Waals surface area contributed by atoms with Crippen LogP contribution in [0.25, 0.3) is 0 Å². The Morgan fingerprint density at radius 1 is 0.783 bits per heavy atom. The Kier molecular flexibility index (Phi) is 14.2. The molecule has 8 heteroatoms. The molecule has 2 rings (SSSR count). The number of halogens is 3. The molecule has 0 fully saturated rings. The summed E-state index contributed by atoms with van der Waals surface area (Å²) in [5.41, 5.74) is -5.65. The predicted octanol–water partition coefficient (Wildman–Crippen LogP) is 4.41. The van der Waals surface area contributed by atoms with E-state index in [9.17, 15) is 13.2 Å². The molecule has 0 aliphatic heterocycles. The minimum Gasteiger partial charge on any atom is -0.741 e. The van der Waals surface area contributed by atoms with Crippen LogP contribution < -0.4 is 0 Å². The van der Waals surface area contributed by atoms with Gasteiger partial charge in [-0.25, -0.2) is 8.42 Å². The first kappa shape index (κ1) is 24.3. The molecule has 3 nitrogen and oxygen atoms in total. The standard InChI is InChI=1S/C8H12.C6H6.CHF3O3S.Ru/c1-2-4-6-8-7-5-3-1;1-2-4-6-5-3-1;2-1(3,4)8(5,6)7;/h1-4H,5-8H2;1-6H;(H,5,6,7);/q;;;+1/p-1. The van der Waals surface area contributed by atoms with E-state index in [1.165, 1.54) is 25.7 Å². The smallest absolute Gasteiger partial charge is 0.741 e. The van der Waals surface area contributed by atoms with Crippen molar-refractivity contribution in [1.82, 2.24) is 0 Å². The monoisotopic (exact) mass is 437 g/mol. The van der Waals surface area contributed by atoms with Crippen LogP contribution in [0.3, 0.4) is 0 Å². The molecule has 0 spiro atoms. The van der Waals surface area contributed by atoms with Crippen LogP contribution in [0.15, 0.2) is 60.7 Å². The van der Waals surface area contributed by atoms with E-state index in [1.54, 1.807) is 0 Å². The molecule has 1 aliphatic rings. The third kappa shape index (κ3) is 15.7. The molecule has 23 heavy (non-hydrogen) atoms. The van der Waals surface area contributed by atoms with Crippen LogP contribution in [-0.4, -0.2) is 18.5 Å². The fourth-order valence-electron chi connectivity index (χ4n) is 1.26. The summed E-state index contributed by atoms with van der Waals surface area (Å²) in [4.78, 5) is 0. The number of benzene rings is 1. The summed E-state index contributed by atoms with van der Waals surface area (Å²) in [6.45, 7) is 0. The number of allylic oxidation sites excluding steroid dienone is 4. The van der Waals surface area contributed by atoms with E-state index in [-0.39, 0.29) is 19.5 Å². The second kappa shape index (κ2) is 13.5. The fraction of sp³-hybridized carbons (Fsp3) is 0.333. The van der Waals surface area contributed by atoms with E-state index in [2.05, 4.69) is 24.3 Å². The van der Waals surface area contributed by atoms with Gasteiger partial charge < -0.3 is 4.55 Å². The molecule has 1 aromatic rings. The van der Waals surface area contributed by atoms with Gasteiger partial charge in [0.2, 0.25) is 0 Å². The first-order valence-corrected chi connectivity index (χ1v) is 8.00.